The molecule has 1 atom stereocenters. The Bertz CT molecular complexity index is 498. The van der Waals surface area contributed by atoms with Crippen molar-refractivity contribution in [3.63, 3.8) is 0 Å². The summed E-state index contributed by atoms with van der Waals surface area (Å²) in [6, 6.07) is 5.48. The molecule has 0 aliphatic carbocycles. The van der Waals surface area contributed by atoms with E-state index in [4.69, 9.17) is 16.7 Å². The summed E-state index contributed by atoms with van der Waals surface area (Å²) in [5.74, 6) is -1.70. The number of Topliss-reactive ketones (excluding diaryl/α,β-unsaturated/α-hetero) is 1. The fourth-order valence-corrected chi connectivity index (χ4v) is 1.74. The van der Waals surface area contributed by atoms with Crippen molar-refractivity contribution >= 4 is 29.3 Å². The highest BCUT2D eigenvalue weighted by Gasteiger charge is 2.18. The SMILES string of the molecule is CCC(NC(=O)CCC(=O)c1ccc(Cl)cc1)C(=O)O. The van der Waals surface area contributed by atoms with Crippen LogP contribution in [-0.2, 0) is 9.59 Å². The zero-order valence-corrected chi connectivity index (χ0v) is 11.8. The van der Waals surface area contributed by atoms with E-state index < -0.39 is 17.9 Å². The molecule has 1 aromatic carbocycles. The van der Waals surface area contributed by atoms with Crippen LogP contribution in [0.2, 0.25) is 5.02 Å². The fourth-order valence-electron chi connectivity index (χ4n) is 1.61. The molecule has 1 aromatic rings. The second kappa shape index (κ2) is 7.65. The van der Waals surface area contributed by atoms with E-state index in [2.05, 4.69) is 5.32 Å². The van der Waals surface area contributed by atoms with Gasteiger partial charge >= 0.3 is 5.97 Å². The molecule has 6 heteroatoms. The molecule has 0 spiro atoms. The van der Waals surface area contributed by atoms with Gasteiger partial charge in [-0.05, 0) is 30.7 Å². The van der Waals surface area contributed by atoms with Crippen molar-refractivity contribution in [1.82, 2.24) is 5.32 Å². The number of nitrogens with one attached hydrogen (secondary N) is 1. The number of carbonyl (C=O) groups excluding carboxylic acids is 2. The van der Waals surface area contributed by atoms with Gasteiger partial charge in [0.25, 0.3) is 0 Å². The van der Waals surface area contributed by atoms with Crippen molar-refractivity contribution in [3.05, 3.63) is 34.9 Å². The van der Waals surface area contributed by atoms with Crippen LogP contribution in [0, 0.1) is 0 Å². The first-order valence-corrected chi connectivity index (χ1v) is 6.62. The summed E-state index contributed by atoms with van der Waals surface area (Å²) in [6.45, 7) is 1.66. The Morgan fingerprint density at radius 1 is 1.20 bits per heavy atom. The number of ketones is 1. The number of carbonyl (C=O) groups is 3. The van der Waals surface area contributed by atoms with Crippen LogP contribution in [0.5, 0.6) is 0 Å². The van der Waals surface area contributed by atoms with Gasteiger partial charge in [0, 0.05) is 23.4 Å². The zero-order valence-electron chi connectivity index (χ0n) is 11.1. The third kappa shape index (κ3) is 5.01. The Morgan fingerprint density at radius 2 is 1.80 bits per heavy atom. The highest BCUT2D eigenvalue weighted by Crippen LogP contribution is 2.11. The van der Waals surface area contributed by atoms with Crippen molar-refractivity contribution in [2.45, 2.75) is 32.2 Å². The van der Waals surface area contributed by atoms with E-state index in [1.54, 1.807) is 31.2 Å². The van der Waals surface area contributed by atoms with Crippen LogP contribution in [-0.4, -0.2) is 28.8 Å². The molecule has 0 bridgehead atoms. The van der Waals surface area contributed by atoms with E-state index >= 15 is 0 Å². The van der Waals surface area contributed by atoms with Gasteiger partial charge in [0.2, 0.25) is 5.91 Å². The van der Waals surface area contributed by atoms with Crippen LogP contribution in [0.4, 0.5) is 0 Å². The zero-order chi connectivity index (χ0) is 15.1. The van der Waals surface area contributed by atoms with Crippen LogP contribution in [0.1, 0.15) is 36.5 Å². The number of benzene rings is 1. The molecule has 1 unspecified atom stereocenters. The normalized spacial score (nSPS) is 11.7. The molecule has 1 rings (SSSR count). The smallest absolute Gasteiger partial charge is 0.326 e. The third-order valence-electron chi connectivity index (χ3n) is 2.79. The number of amides is 1. The Morgan fingerprint density at radius 3 is 2.30 bits per heavy atom. The summed E-state index contributed by atoms with van der Waals surface area (Å²) >= 11 is 5.72. The van der Waals surface area contributed by atoms with Crippen LogP contribution in [0.3, 0.4) is 0 Å². The van der Waals surface area contributed by atoms with Crippen LogP contribution in [0.25, 0.3) is 0 Å². The largest absolute Gasteiger partial charge is 0.480 e. The van der Waals surface area contributed by atoms with Crippen molar-refractivity contribution in [3.8, 4) is 0 Å². The van der Waals surface area contributed by atoms with E-state index in [1.165, 1.54) is 0 Å². The molecule has 1 amide bonds. The molecule has 0 heterocycles. The lowest BCUT2D eigenvalue weighted by Gasteiger charge is -2.11. The molecule has 0 saturated carbocycles. The van der Waals surface area contributed by atoms with Crippen molar-refractivity contribution in [2.24, 2.45) is 0 Å². The molecule has 108 valence electrons. The van der Waals surface area contributed by atoms with Gasteiger partial charge < -0.3 is 10.4 Å². The van der Waals surface area contributed by atoms with E-state index in [0.29, 0.717) is 17.0 Å². The number of carboxylic acid groups (broad SMARTS) is 1. The highest BCUT2D eigenvalue weighted by molar-refractivity contribution is 6.30. The fraction of sp³-hybridized carbons (Fsp3) is 0.357. The molecular weight excluding hydrogens is 282 g/mol. The minimum atomic E-state index is -1.08. The first-order valence-electron chi connectivity index (χ1n) is 6.25. The maximum atomic E-state index is 11.8. The number of hydrogen-bond acceptors (Lipinski definition) is 3. The summed E-state index contributed by atoms with van der Waals surface area (Å²) in [5, 5.41) is 11.7. The lowest BCUT2D eigenvalue weighted by Crippen LogP contribution is -2.40. The lowest BCUT2D eigenvalue weighted by molar-refractivity contribution is -0.141. The molecule has 0 radical (unpaired) electrons. The molecule has 2 N–H and O–H groups in total. The summed E-state index contributed by atoms with van der Waals surface area (Å²) < 4.78 is 0. The van der Waals surface area contributed by atoms with Gasteiger partial charge in [-0.2, -0.15) is 0 Å². The molecule has 0 aromatic heterocycles. The molecular formula is C14H16ClNO4. The van der Waals surface area contributed by atoms with Crippen molar-refractivity contribution in [2.75, 3.05) is 0 Å². The number of carboxylic acids is 1. The van der Waals surface area contributed by atoms with Crippen molar-refractivity contribution < 1.29 is 19.5 Å². The predicted octanol–water partition coefficient (Wildman–Crippen LogP) is 2.28. The second-order valence-corrected chi connectivity index (χ2v) is 4.73. The Labute approximate surface area is 121 Å². The van der Waals surface area contributed by atoms with Gasteiger partial charge in [0.15, 0.2) is 5.78 Å². The molecule has 20 heavy (non-hydrogen) atoms. The minimum absolute atomic E-state index is 0.0313. The van der Waals surface area contributed by atoms with Crippen molar-refractivity contribution in [1.29, 1.82) is 0 Å². The maximum absolute atomic E-state index is 11.8. The maximum Gasteiger partial charge on any atom is 0.326 e. The topological polar surface area (TPSA) is 83.5 Å². The molecule has 0 aliphatic heterocycles. The highest BCUT2D eigenvalue weighted by atomic mass is 35.5. The number of halogens is 1. The Hall–Kier alpha value is -1.88. The summed E-state index contributed by atoms with van der Waals surface area (Å²) in [4.78, 5) is 34.1. The molecule has 0 aliphatic rings. The first-order chi connectivity index (χ1) is 9.43. The summed E-state index contributed by atoms with van der Waals surface area (Å²) in [7, 11) is 0. The third-order valence-corrected chi connectivity index (χ3v) is 3.04. The van der Waals surface area contributed by atoms with Crippen LogP contribution >= 0.6 is 11.6 Å². The van der Waals surface area contributed by atoms with Gasteiger partial charge in [-0.15, -0.1) is 0 Å². The minimum Gasteiger partial charge on any atom is -0.480 e. The Kier molecular flexibility index (Phi) is 6.18. The molecule has 0 saturated heterocycles. The van der Waals surface area contributed by atoms with Crippen LogP contribution < -0.4 is 5.32 Å². The van der Waals surface area contributed by atoms with Gasteiger partial charge in [0.1, 0.15) is 6.04 Å². The first kappa shape index (κ1) is 16.2. The van der Waals surface area contributed by atoms with E-state index in [9.17, 15) is 14.4 Å². The second-order valence-electron chi connectivity index (χ2n) is 4.30. The summed E-state index contributed by atoms with van der Waals surface area (Å²) in [6.07, 6.45) is 0.293. The van der Waals surface area contributed by atoms with Gasteiger partial charge in [-0.25, -0.2) is 4.79 Å². The van der Waals surface area contributed by atoms with Crippen LogP contribution in [0.15, 0.2) is 24.3 Å². The standard InChI is InChI=1S/C14H16ClNO4/c1-2-11(14(19)20)16-13(18)8-7-12(17)9-3-5-10(15)6-4-9/h3-6,11H,2,7-8H2,1H3,(H,16,18)(H,19,20). The van der Waals surface area contributed by atoms with E-state index in [1.807, 2.05) is 0 Å². The predicted molar refractivity (Wildman–Crippen MR) is 74.9 cm³/mol. The average molecular weight is 298 g/mol. The van der Waals surface area contributed by atoms with Gasteiger partial charge in [-0.1, -0.05) is 18.5 Å². The van der Waals surface area contributed by atoms with Gasteiger partial charge in [0.05, 0.1) is 0 Å². The number of rotatable bonds is 7. The summed E-state index contributed by atoms with van der Waals surface area (Å²) in [5.41, 5.74) is 0.479. The number of aliphatic carboxylic acids is 1. The monoisotopic (exact) mass is 297 g/mol. The van der Waals surface area contributed by atoms with Gasteiger partial charge in [-0.3, -0.25) is 9.59 Å². The molecule has 0 fully saturated rings. The van der Waals surface area contributed by atoms with E-state index in [-0.39, 0.29) is 18.6 Å². The molecule has 5 nitrogen and oxygen atoms in total. The Balaban J connectivity index is 2.46. The van der Waals surface area contributed by atoms with E-state index in [0.717, 1.165) is 0 Å². The number of hydrogen-bond donors (Lipinski definition) is 2. The quantitative estimate of drug-likeness (QED) is 0.756. The lowest BCUT2D eigenvalue weighted by atomic mass is 10.1. The average Bonchev–Trinajstić information content (AvgIpc) is 2.42.